The van der Waals surface area contributed by atoms with E-state index in [9.17, 15) is 9.59 Å². The van der Waals surface area contributed by atoms with Crippen molar-refractivity contribution in [3.63, 3.8) is 0 Å². The summed E-state index contributed by atoms with van der Waals surface area (Å²) < 4.78 is 0. The summed E-state index contributed by atoms with van der Waals surface area (Å²) in [7, 11) is 0. The zero-order valence-electron chi connectivity index (χ0n) is 10.0. The topological polar surface area (TPSA) is 96.5 Å². The molecule has 2 rings (SSSR count). The van der Waals surface area contributed by atoms with E-state index in [1.54, 1.807) is 12.1 Å². The number of carboxylic acids is 1. The molecule has 2 atom stereocenters. The molecule has 1 aromatic rings. The van der Waals surface area contributed by atoms with Crippen molar-refractivity contribution in [3.8, 4) is 0 Å². The summed E-state index contributed by atoms with van der Waals surface area (Å²) in [6, 6.07) is 3.25. The molecular weight excluding hydrogens is 234 g/mol. The van der Waals surface area contributed by atoms with Crippen LogP contribution in [0.4, 0.5) is 5.69 Å². The number of anilines is 1. The van der Waals surface area contributed by atoms with Crippen LogP contribution in [0.1, 0.15) is 23.8 Å². The number of nitrogens with two attached hydrogens (primary N) is 1. The van der Waals surface area contributed by atoms with Gasteiger partial charge in [0, 0.05) is 24.5 Å². The highest BCUT2D eigenvalue weighted by Gasteiger charge is 2.35. The number of primary amides is 1. The molecule has 0 radical (unpaired) electrons. The minimum atomic E-state index is -0.783. The summed E-state index contributed by atoms with van der Waals surface area (Å²) >= 11 is 0. The number of rotatable bonds is 3. The van der Waals surface area contributed by atoms with Crippen LogP contribution < -0.4 is 10.6 Å². The molecule has 0 spiro atoms. The fourth-order valence-electron chi connectivity index (χ4n) is 2.37. The van der Waals surface area contributed by atoms with Crippen LogP contribution in [0.3, 0.4) is 0 Å². The zero-order valence-corrected chi connectivity index (χ0v) is 10.0. The Labute approximate surface area is 104 Å². The van der Waals surface area contributed by atoms with Crippen LogP contribution >= 0.6 is 0 Å². The molecule has 1 aromatic heterocycles. The van der Waals surface area contributed by atoms with Gasteiger partial charge in [-0.1, -0.05) is 0 Å². The molecule has 1 aliphatic heterocycles. The molecule has 3 N–H and O–H groups in total. The maximum Gasteiger partial charge on any atom is 0.308 e. The fraction of sp³-hybridized carbons (Fsp3) is 0.417. The molecule has 6 heteroatoms. The van der Waals surface area contributed by atoms with Gasteiger partial charge in [0.2, 0.25) is 0 Å². The molecule has 1 fully saturated rings. The normalized spacial score (nSPS) is 23.1. The number of amides is 1. The molecule has 0 saturated carbocycles. The SMILES string of the molecule is CC1C(C(=O)O)CCN1c1ccnc(C(N)=O)c1. The summed E-state index contributed by atoms with van der Waals surface area (Å²) in [5.41, 5.74) is 6.16. The third-order valence-electron chi connectivity index (χ3n) is 3.40. The number of pyridine rings is 1. The van der Waals surface area contributed by atoms with Gasteiger partial charge in [0.15, 0.2) is 0 Å². The highest BCUT2D eigenvalue weighted by Crippen LogP contribution is 2.29. The number of nitrogens with zero attached hydrogens (tertiary/aromatic N) is 2. The third kappa shape index (κ3) is 2.13. The van der Waals surface area contributed by atoms with Gasteiger partial charge in [0.1, 0.15) is 5.69 Å². The highest BCUT2D eigenvalue weighted by molar-refractivity contribution is 5.91. The Morgan fingerprint density at radius 2 is 2.28 bits per heavy atom. The number of carboxylic acid groups (broad SMARTS) is 1. The highest BCUT2D eigenvalue weighted by atomic mass is 16.4. The van der Waals surface area contributed by atoms with Crippen LogP contribution in [-0.2, 0) is 4.79 Å². The molecule has 96 valence electrons. The lowest BCUT2D eigenvalue weighted by Gasteiger charge is -2.25. The first-order chi connectivity index (χ1) is 8.50. The number of hydrogen-bond donors (Lipinski definition) is 2. The zero-order chi connectivity index (χ0) is 13.3. The molecular formula is C12H15N3O3. The van der Waals surface area contributed by atoms with Gasteiger partial charge in [0.05, 0.1) is 5.92 Å². The van der Waals surface area contributed by atoms with Crippen molar-refractivity contribution in [2.75, 3.05) is 11.4 Å². The Balaban J connectivity index is 2.25. The fourth-order valence-corrected chi connectivity index (χ4v) is 2.37. The number of aliphatic carboxylic acids is 1. The Morgan fingerprint density at radius 3 is 2.83 bits per heavy atom. The van der Waals surface area contributed by atoms with E-state index in [-0.39, 0.29) is 17.7 Å². The van der Waals surface area contributed by atoms with Crippen molar-refractivity contribution in [2.24, 2.45) is 11.7 Å². The first-order valence-electron chi connectivity index (χ1n) is 5.76. The molecule has 0 aromatic carbocycles. The summed E-state index contributed by atoms with van der Waals surface area (Å²) in [5.74, 6) is -1.75. The van der Waals surface area contributed by atoms with Crippen LogP contribution in [0.25, 0.3) is 0 Å². The quantitative estimate of drug-likeness (QED) is 0.812. The third-order valence-corrected chi connectivity index (χ3v) is 3.40. The largest absolute Gasteiger partial charge is 0.481 e. The van der Waals surface area contributed by atoms with Gasteiger partial charge in [0.25, 0.3) is 5.91 Å². The molecule has 18 heavy (non-hydrogen) atoms. The van der Waals surface area contributed by atoms with Gasteiger partial charge in [-0.15, -0.1) is 0 Å². The number of carbonyl (C=O) groups excluding carboxylic acids is 1. The van der Waals surface area contributed by atoms with Crippen LogP contribution in [0, 0.1) is 5.92 Å². The summed E-state index contributed by atoms with van der Waals surface area (Å²) in [4.78, 5) is 28.0. The molecule has 2 unspecified atom stereocenters. The van der Waals surface area contributed by atoms with E-state index in [0.29, 0.717) is 13.0 Å². The van der Waals surface area contributed by atoms with Crippen molar-refractivity contribution in [1.29, 1.82) is 0 Å². The second-order valence-electron chi connectivity index (χ2n) is 4.43. The molecule has 2 heterocycles. The van der Waals surface area contributed by atoms with Gasteiger partial charge < -0.3 is 15.7 Å². The van der Waals surface area contributed by atoms with Crippen LogP contribution in [0.2, 0.25) is 0 Å². The lowest BCUT2D eigenvalue weighted by atomic mass is 10.0. The van der Waals surface area contributed by atoms with E-state index >= 15 is 0 Å². The number of carbonyl (C=O) groups is 2. The van der Waals surface area contributed by atoms with Gasteiger partial charge >= 0.3 is 5.97 Å². The van der Waals surface area contributed by atoms with Crippen LogP contribution in [0.5, 0.6) is 0 Å². The summed E-state index contributed by atoms with van der Waals surface area (Å²) in [5, 5.41) is 9.08. The summed E-state index contributed by atoms with van der Waals surface area (Å²) in [6.07, 6.45) is 2.11. The van der Waals surface area contributed by atoms with E-state index in [1.807, 2.05) is 11.8 Å². The predicted octanol–water partition coefficient (Wildman–Crippen LogP) is 0.480. The minimum absolute atomic E-state index is 0.106. The standard InChI is InChI=1S/C12H15N3O3/c1-7-9(12(17)18)3-5-15(7)8-2-4-14-10(6-8)11(13)16/h2,4,6-7,9H,3,5H2,1H3,(H2,13,16)(H,17,18). The lowest BCUT2D eigenvalue weighted by molar-refractivity contribution is -0.141. The average Bonchev–Trinajstić information content (AvgIpc) is 2.71. The molecule has 0 bridgehead atoms. The van der Waals surface area contributed by atoms with Crippen LogP contribution in [0.15, 0.2) is 18.3 Å². The van der Waals surface area contributed by atoms with Gasteiger partial charge in [-0.2, -0.15) is 0 Å². The second kappa shape index (κ2) is 4.64. The number of aromatic nitrogens is 1. The van der Waals surface area contributed by atoms with E-state index in [4.69, 9.17) is 10.8 Å². The van der Waals surface area contributed by atoms with Crippen molar-refractivity contribution in [2.45, 2.75) is 19.4 Å². The maximum atomic E-state index is 11.1. The first kappa shape index (κ1) is 12.3. The molecule has 6 nitrogen and oxygen atoms in total. The monoisotopic (exact) mass is 249 g/mol. The van der Waals surface area contributed by atoms with Gasteiger partial charge in [-0.05, 0) is 25.5 Å². The van der Waals surface area contributed by atoms with E-state index in [0.717, 1.165) is 5.69 Å². The number of hydrogen-bond acceptors (Lipinski definition) is 4. The van der Waals surface area contributed by atoms with E-state index < -0.39 is 11.9 Å². The predicted molar refractivity (Wildman–Crippen MR) is 65.3 cm³/mol. The Bertz CT molecular complexity index is 489. The minimum Gasteiger partial charge on any atom is -0.481 e. The summed E-state index contributed by atoms with van der Waals surface area (Å²) in [6.45, 7) is 2.52. The lowest BCUT2D eigenvalue weighted by Crippen LogP contribution is -2.33. The van der Waals surface area contributed by atoms with Crippen molar-refractivity contribution >= 4 is 17.6 Å². The second-order valence-corrected chi connectivity index (χ2v) is 4.43. The Morgan fingerprint density at radius 1 is 1.56 bits per heavy atom. The molecule has 1 saturated heterocycles. The average molecular weight is 249 g/mol. The van der Waals surface area contributed by atoms with Gasteiger partial charge in [-0.25, -0.2) is 0 Å². The molecule has 0 aliphatic carbocycles. The maximum absolute atomic E-state index is 11.1. The Kier molecular flexibility index (Phi) is 3.18. The molecule has 1 aliphatic rings. The smallest absolute Gasteiger partial charge is 0.308 e. The van der Waals surface area contributed by atoms with Crippen LogP contribution in [-0.4, -0.2) is 34.6 Å². The van der Waals surface area contributed by atoms with Crippen molar-refractivity contribution < 1.29 is 14.7 Å². The van der Waals surface area contributed by atoms with E-state index in [1.165, 1.54) is 6.20 Å². The Hall–Kier alpha value is -2.11. The van der Waals surface area contributed by atoms with E-state index in [2.05, 4.69) is 4.98 Å². The van der Waals surface area contributed by atoms with Crippen molar-refractivity contribution in [1.82, 2.24) is 4.98 Å². The van der Waals surface area contributed by atoms with Crippen molar-refractivity contribution in [3.05, 3.63) is 24.0 Å². The van der Waals surface area contributed by atoms with Gasteiger partial charge in [-0.3, -0.25) is 14.6 Å². The first-order valence-corrected chi connectivity index (χ1v) is 5.76. The molecule has 1 amide bonds.